The Kier molecular flexibility index (Phi) is 6.78. The minimum Gasteiger partial charge on any atom is -0.482 e. The molecule has 1 aromatic carbocycles. The van der Waals surface area contributed by atoms with Gasteiger partial charge in [-0.2, -0.15) is 0 Å². The minimum atomic E-state index is -0.402. The SMILES string of the molecule is CC(O)CC(C)(C)CNC(=O)COc1ccc(Cl)cc1Cl. The van der Waals surface area contributed by atoms with Crippen LogP contribution in [0, 0.1) is 5.41 Å². The van der Waals surface area contributed by atoms with Crippen molar-refractivity contribution in [3.8, 4) is 5.75 Å². The number of halogens is 2. The van der Waals surface area contributed by atoms with Gasteiger partial charge < -0.3 is 15.2 Å². The van der Waals surface area contributed by atoms with Crippen molar-refractivity contribution in [3.05, 3.63) is 28.2 Å². The summed E-state index contributed by atoms with van der Waals surface area (Å²) in [4.78, 5) is 11.8. The topological polar surface area (TPSA) is 58.6 Å². The number of benzene rings is 1. The molecule has 21 heavy (non-hydrogen) atoms. The van der Waals surface area contributed by atoms with E-state index in [1.165, 1.54) is 0 Å². The zero-order valence-electron chi connectivity index (χ0n) is 12.5. The van der Waals surface area contributed by atoms with E-state index in [2.05, 4.69) is 5.32 Å². The summed E-state index contributed by atoms with van der Waals surface area (Å²) in [6.45, 7) is 6.05. The van der Waals surface area contributed by atoms with Gasteiger partial charge in [0.1, 0.15) is 5.75 Å². The predicted molar refractivity (Wildman–Crippen MR) is 85.0 cm³/mol. The van der Waals surface area contributed by atoms with Gasteiger partial charge >= 0.3 is 0 Å². The lowest BCUT2D eigenvalue weighted by Crippen LogP contribution is -2.38. The van der Waals surface area contributed by atoms with Crippen molar-refractivity contribution in [1.29, 1.82) is 0 Å². The van der Waals surface area contributed by atoms with Crippen molar-refractivity contribution in [2.45, 2.75) is 33.3 Å². The number of aliphatic hydroxyl groups excluding tert-OH is 1. The van der Waals surface area contributed by atoms with E-state index in [0.29, 0.717) is 28.8 Å². The number of carbonyl (C=O) groups excluding carboxylic acids is 1. The van der Waals surface area contributed by atoms with Crippen LogP contribution in [0.4, 0.5) is 0 Å². The Labute approximate surface area is 135 Å². The summed E-state index contributed by atoms with van der Waals surface area (Å²) in [5.41, 5.74) is -0.179. The Morgan fingerprint density at radius 1 is 1.43 bits per heavy atom. The van der Waals surface area contributed by atoms with Gasteiger partial charge in [-0.3, -0.25) is 4.79 Å². The second-order valence-electron chi connectivity index (χ2n) is 5.86. The monoisotopic (exact) mass is 333 g/mol. The van der Waals surface area contributed by atoms with Crippen LogP contribution in [-0.2, 0) is 4.79 Å². The smallest absolute Gasteiger partial charge is 0.257 e. The van der Waals surface area contributed by atoms with Crippen LogP contribution in [0.2, 0.25) is 10.0 Å². The highest BCUT2D eigenvalue weighted by atomic mass is 35.5. The van der Waals surface area contributed by atoms with Crippen LogP contribution < -0.4 is 10.1 Å². The molecular weight excluding hydrogens is 313 g/mol. The largest absolute Gasteiger partial charge is 0.482 e. The molecule has 6 heteroatoms. The first-order valence-electron chi connectivity index (χ1n) is 6.72. The first-order valence-corrected chi connectivity index (χ1v) is 7.48. The average molecular weight is 334 g/mol. The summed E-state index contributed by atoms with van der Waals surface area (Å²) in [6, 6.07) is 4.82. The number of rotatable bonds is 7. The van der Waals surface area contributed by atoms with Crippen molar-refractivity contribution in [2.24, 2.45) is 5.41 Å². The third-order valence-electron chi connectivity index (χ3n) is 2.86. The first kappa shape index (κ1) is 18.1. The maximum Gasteiger partial charge on any atom is 0.257 e. The lowest BCUT2D eigenvalue weighted by atomic mass is 9.87. The lowest BCUT2D eigenvalue weighted by molar-refractivity contribution is -0.123. The summed E-state index contributed by atoms with van der Waals surface area (Å²) >= 11 is 11.7. The molecule has 0 saturated carbocycles. The van der Waals surface area contributed by atoms with E-state index in [4.69, 9.17) is 27.9 Å². The Morgan fingerprint density at radius 2 is 2.10 bits per heavy atom. The first-order chi connectivity index (χ1) is 9.69. The van der Waals surface area contributed by atoms with Gasteiger partial charge in [-0.1, -0.05) is 37.0 Å². The molecule has 0 heterocycles. The van der Waals surface area contributed by atoms with Crippen molar-refractivity contribution >= 4 is 29.1 Å². The number of carbonyl (C=O) groups is 1. The fraction of sp³-hybridized carbons (Fsp3) is 0.533. The van der Waals surface area contributed by atoms with E-state index in [0.717, 1.165) is 0 Å². The number of ether oxygens (including phenoxy) is 1. The molecule has 0 aromatic heterocycles. The lowest BCUT2D eigenvalue weighted by Gasteiger charge is -2.26. The normalized spacial score (nSPS) is 12.9. The summed E-state index contributed by atoms with van der Waals surface area (Å²) in [7, 11) is 0. The third kappa shape index (κ3) is 7.02. The molecule has 1 aromatic rings. The predicted octanol–water partition coefficient (Wildman–Crippen LogP) is 3.29. The highest BCUT2D eigenvalue weighted by molar-refractivity contribution is 6.35. The zero-order chi connectivity index (χ0) is 16.0. The van der Waals surface area contributed by atoms with Crippen LogP contribution in [0.3, 0.4) is 0 Å². The molecular formula is C15H21Cl2NO3. The van der Waals surface area contributed by atoms with Crippen molar-refractivity contribution in [1.82, 2.24) is 5.32 Å². The van der Waals surface area contributed by atoms with E-state index in [1.54, 1.807) is 25.1 Å². The fourth-order valence-corrected chi connectivity index (χ4v) is 2.46. The Bertz CT molecular complexity index is 490. The molecule has 0 aliphatic rings. The molecule has 2 N–H and O–H groups in total. The van der Waals surface area contributed by atoms with E-state index in [1.807, 2.05) is 13.8 Å². The van der Waals surface area contributed by atoms with Gasteiger partial charge in [0.2, 0.25) is 0 Å². The van der Waals surface area contributed by atoms with Crippen LogP contribution in [0.1, 0.15) is 27.2 Å². The van der Waals surface area contributed by atoms with E-state index in [9.17, 15) is 9.90 Å². The van der Waals surface area contributed by atoms with Crippen molar-refractivity contribution in [2.75, 3.05) is 13.2 Å². The maximum atomic E-state index is 11.8. The molecule has 1 rings (SSSR count). The number of hydrogen-bond donors (Lipinski definition) is 2. The van der Waals surface area contributed by atoms with Crippen LogP contribution in [0.5, 0.6) is 5.75 Å². The quantitative estimate of drug-likeness (QED) is 0.804. The van der Waals surface area contributed by atoms with Gasteiger partial charge in [0.05, 0.1) is 11.1 Å². The van der Waals surface area contributed by atoms with E-state index < -0.39 is 6.10 Å². The maximum absolute atomic E-state index is 11.8. The van der Waals surface area contributed by atoms with Crippen molar-refractivity contribution in [3.63, 3.8) is 0 Å². The summed E-state index contributed by atoms with van der Waals surface area (Å²) < 4.78 is 5.35. The molecule has 1 unspecified atom stereocenters. The van der Waals surface area contributed by atoms with Crippen LogP contribution in [0.25, 0.3) is 0 Å². The van der Waals surface area contributed by atoms with Crippen molar-refractivity contribution < 1.29 is 14.6 Å². The third-order valence-corrected chi connectivity index (χ3v) is 3.40. The standard InChI is InChI=1S/C15H21Cl2NO3/c1-10(19)7-15(2,3)9-18-14(20)8-21-13-5-4-11(16)6-12(13)17/h4-6,10,19H,7-9H2,1-3H3,(H,18,20). The number of aliphatic hydroxyl groups is 1. The Morgan fingerprint density at radius 3 is 2.67 bits per heavy atom. The Balaban J connectivity index is 2.41. The van der Waals surface area contributed by atoms with Gasteiger partial charge in [-0.15, -0.1) is 0 Å². The van der Waals surface area contributed by atoms with Gasteiger partial charge in [-0.25, -0.2) is 0 Å². The molecule has 0 fully saturated rings. The van der Waals surface area contributed by atoms with Gasteiger partial charge in [0, 0.05) is 11.6 Å². The highest BCUT2D eigenvalue weighted by Gasteiger charge is 2.21. The molecule has 0 bridgehead atoms. The number of hydrogen-bond acceptors (Lipinski definition) is 3. The minimum absolute atomic E-state index is 0.119. The van der Waals surface area contributed by atoms with Crippen LogP contribution in [-0.4, -0.2) is 30.3 Å². The van der Waals surface area contributed by atoms with Gasteiger partial charge in [0.25, 0.3) is 5.91 Å². The molecule has 0 saturated heterocycles. The summed E-state index contributed by atoms with van der Waals surface area (Å²) in [5.74, 6) is 0.180. The molecule has 118 valence electrons. The molecule has 0 spiro atoms. The molecule has 0 aliphatic carbocycles. The number of amides is 1. The summed E-state index contributed by atoms with van der Waals surface area (Å²) in [5, 5.41) is 13.1. The highest BCUT2D eigenvalue weighted by Crippen LogP contribution is 2.27. The van der Waals surface area contributed by atoms with Crippen LogP contribution in [0.15, 0.2) is 18.2 Å². The molecule has 1 amide bonds. The molecule has 1 atom stereocenters. The molecule has 0 aliphatic heterocycles. The fourth-order valence-electron chi connectivity index (χ4n) is 2.00. The van der Waals surface area contributed by atoms with E-state index in [-0.39, 0.29) is 17.9 Å². The van der Waals surface area contributed by atoms with Crippen LogP contribution >= 0.6 is 23.2 Å². The Hall–Kier alpha value is -0.970. The average Bonchev–Trinajstić information content (AvgIpc) is 2.34. The molecule has 0 radical (unpaired) electrons. The summed E-state index contributed by atoms with van der Waals surface area (Å²) in [6.07, 6.45) is 0.206. The van der Waals surface area contributed by atoms with Gasteiger partial charge in [-0.05, 0) is 37.0 Å². The second kappa shape index (κ2) is 7.87. The van der Waals surface area contributed by atoms with Gasteiger partial charge in [0.15, 0.2) is 6.61 Å². The van der Waals surface area contributed by atoms with E-state index >= 15 is 0 Å². The zero-order valence-corrected chi connectivity index (χ0v) is 14.0. The molecule has 4 nitrogen and oxygen atoms in total. The second-order valence-corrected chi connectivity index (χ2v) is 6.70. The number of nitrogens with one attached hydrogen (secondary N) is 1.